The van der Waals surface area contributed by atoms with E-state index in [0.717, 1.165) is 34.7 Å². The predicted octanol–water partition coefficient (Wildman–Crippen LogP) is 3.82. The van der Waals surface area contributed by atoms with Crippen LogP contribution in [0.1, 0.15) is 13.3 Å². The van der Waals surface area contributed by atoms with Crippen molar-refractivity contribution in [3.05, 3.63) is 59.9 Å². The van der Waals surface area contributed by atoms with Gasteiger partial charge in [-0.15, -0.1) is 11.3 Å². The zero-order chi connectivity index (χ0) is 26.9. The van der Waals surface area contributed by atoms with Crippen LogP contribution in [0.25, 0.3) is 22.2 Å². The molecule has 0 radical (unpaired) electrons. The number of nitrogens with zero attached hydrogens (tertiary/aromatic N) is 5. The maximum Gasteiger partial charge on any atom is 0.237 e. The third-order valence-corrected chi connectivity index (χ3v) is 8.42. The predicted molar refractivity (Wildman–Crippen MR) is 150 cm³/mol. The second kappa shape index (κ2) is 10.7. The van der Waals surface area contributed by atoms with Crippen LogP contribution in [0.15, 0.2) is 54.0 Å². The van der Waals surface area contributed by atoms with Crippen LogP contribution in [-0.4, -0.2) is 82.1 Å². The molecule has 2 fully saturated rings. The van der Waals surface area contributed by atoms with Crippen molar-refractivity contribution in [3.63, 3.8) is 0 Å². The minimum Gasteiger partial charge on any atom is -0.344 e. The highest BCUT2D eigenvalue weighted by Gasteiger charge is 2.33. The van der Waals surface area contributed by atoms with E-state index in [4.69, 9.17) is 0 Å². The largest absolute Gasteiger partial charge is 0.344 e. The Balaban J connectivity index is 1.04. The monoisotopic (exact) mass is 547 g/mol. The number of rotatable bonds is 6. The van der Waals surface area contributed by atoms with Crippen LogP contribution >= 0.6 is 11.3 Å². The summed E-state index contributed by atoms with van der Waals surface area (Å²) in [5, 5.41) is 14.2. The van der Waals surface area contributed by atoms with Gasteiger partial charge in [0, 0.05) is 60.4 Å². The first kappa shape index (κ1) is 25.4. The molecule has 0 saturated carbocycles. The summed E-state index contributed by atoms with van der Waals surface area (Å²) in [5.74, 6) is -0.432. The summed E-state index contributed by atoms with van der Waals surface area (Å²) >= 11 is 1.62. The number of anilines is 2. The molecule has 202 valence electrons. The molecule has 2 unspecified atom stereocenters. The maximum absolute atomic E-state index is 13.4. The summed E-state index contributed by atoms with van der Waals surface area (Å²) in [5.41, 5.74) is 3.01. The lowest BCUT2D eigenvalue weighted by molar-refractivity contribution is -0.134. The van der Waals surface area contributed by atoms with E-state index >= 15 is 0 Å². The van der Waals surface area contributed by atoms with Crippen LogP contribution in [0.5, 0.6) is 0 Å². The van der Waals surface area contributed by atoms with Gasteiger partial charge in [0.25, 0.3) is 0 Å². The van der Waals surface area contributed by atoms with Crippen molar-refractivity contribution < 1.29 is 14.0 Å². The molecule has 2 saturated heterocycles. The molecule has 6 rings (SSSR count). The Morgan fingerprint density at radius 3 is 2.74 bits per heavy atom. The summed E-state index contributed by atoms with van der Waals surface area (Å²) < 4.78 is 13.4. The number of carbonyl (C=O) groups is 2. The Bertz CT molecular complexity index is 1470. The molecule has 2 aliphatic heterocycles. The van der Waals surface area contributed by atoms with Gasteiger partial charge in [-0.3, -0.25) is 19.6 Å². The van der Waals surface area contributed by atoms with Crippen molar-refractivity contribution in [3.8, 4) is 11.3 Å². The van der Waals surface area contributed by atoms with E-state index in [9.17, 15) is 14.0 Å². The van der Waals surface area contributed by atoms with Crippen LogP contribution in [-0.2, 0) is 9.59 Å². The number of benzene rings is 2. The summed E-state index contributed by atoms with van der Waals surface area (Å²) in [6, 6.07) is 11.9. The molecule has 2 atom stereocenters. The van der Waals surface area contributed by atoms with Crippen molar-refractivity contribution >= 4 is 44.9 Å². The van der Waals surface area contributed by atoms with Crippen molar-refractivity contribution in [2.45, 2.75) is 19.4 Å². The van der Waals surface area contributed by atoms with Gasteiger partial charge in [-0.25, -0.2) is 9.37 Å². The molecule has 2 aromatic heterocycles. The Kier molecular flexibility index (Phi) is 7.01. The molecule has 9 nitrogen and oxygen atoms in total. The number of H-pyrrole nitrogens is 1. The SMILES string of the molecule is CC1CN(c2nccs2)CCN1C(=O)CN1CCC(C(=O)Nc2ccc3[nH]nc(-c4ccc(F)cc4)c3c2)C1. The third kappa shape index (κ3) is 5.37. The van der Waals surface area contributed by atoms with E-state index in [1.807, 2.05) is 34.7 Å². The lowest BCUT2D eigenvalue weighted by atomic mass is 10.1. The summed E-state index contributed by atoms with van der Waals surface area (Å²) in [6.07, 6.45) is 2.52. The van der Waals surface area contributed by atoms with Gasteiger partial charge >= 0.3 is 0 Å². The van der Waals surface area contributed by atoms with Crippen LogP contribution in [0.3, 0.4) is 0 Å². The number of thiazole rings is 1. The molecule has 4 heterocycles. The number of hydrogen-bond donors (Lipinski definition) is 2. The molecule has 0 bridgehead atoms. The van der Waals surface area contributed by atoms with Crippen LogP contribution in [0.4, 0.5) is 15.2 Å². The fourth-order valence-corrected chi connectivity index (χ4v) is 6.19. The van der Waals surface area contributed by atoms with Crippen molar-refractivity contribution in [2.75, 3.05) is 49.5 Å². The number of fused-ring (bicyclic) bond motifs is 1. The van der Waals surface area contributed by atoms with Crippen molar-refractivity contribution in [1.29, 1.82) is 0 Å². The smallest absolute Gasteiger partial charge is 0.237 e. The molecular formula is C28H30FN7O2S. The lowest BCUT2D eigenvalue weighted by Crippen LogP contribution is -2.56. The van der Waals surface area contributed by atoms with E-state index in [0.29, 0.717) is 44.0 Å². The number of carbonyl (C=O) groups excluding carboxylic acids is 2. The average Bonchev–Trinajstić information content (AvgIpc) is 3.70. The molecular weight excluding hydrogens is 517 g/mol. The number of piperazine rings is 1. The van der Waals surface area contributed by atoms with Crippen molar-refractivity contribution in [2.24, 2.45) is 5.92 Å². The third-order valence-electron chi connectivity index (χ3n) is 7.59. The van der Waals surface area contributed by atoms with Crippen LogP contribution in [0.2, 0.25) is 0 Å². The molecule has 0 aliphatic carbocycles. The summed E-state index contributed by atoms with van der Waals surface area (Å²) in [6.45, 7) is 5.90. The van der Waals surface area contributed by atoms with Crippen molar-refractivity contribution in [1.82, 2.24) is 25.0 Å². The first-order valence-electron chi connectivity index (χ1n) is 13.2. The number of halogens is 1. The van der Waals surface area contributed by atoms with Gasteiger partial charge in [-0.1, -0.05) is 0 Å². The highest BCUT2D eigenvalue weighted by molar-refractivity contribution is 7.13. The van der Waals surface area contributed by atoms with Gasteiger partial charge in [0.15, 0.2) is 5.13 Å². The second-order valence-corrected chi connectivity index (χ2v) is 11.1. The second-order valence-electron chi connectivity index (χ2n) is 10.2. The molecule has 0 spiro atoms. The number of aromatic amines is 1. The average molecular weight is 548 g/mol. The van der Waals surface area contributed by atoms with Gasteiger partial charge in [0.1, 0.15) is 5.82 Å². The van der Waals surface area contributed by atoms with Gasteiger partial charge < -0.3 is 15.1 Å². The molecule has 2 aliphatic rings. The van der Waals surface area contributed by atoms with Crippen LogP contribution in [0, 0.1) is 11.7 Å². The topological polar surface area (TPSA) is 97.5 Å². The normalized spacial score (nSPS) is 20.1. The van der Waals surface area contributed by atoms with E-state index in [1.54, 1.807) is 23.5 Å². The van der Waals surface area contributed by atoms with Gasteiger partial charge in [0.05, 0.1) is 23.7 Å². The van der Waals surface area contributed by atoms with Gasteiger partial charge in [0.2, 0.25) is 11.8 Å². The number of likely N-dealkylation sites (tertiary alicyclic amines) is 1. The fraction of sp³-hybridized carbons (Fsp3) is 0.357. The fourth-order valence-electron chi connectivity index (χ4n) is 5.51. The highest BCUT2D eigenvalue weighted by Crippen LogP contribution is 2.29. The van der Waals surface area contributed by atoms with Gasteiger partial charge in [-0.2, -0.15) is 5.10 Å². The Hall–Kier alpha value is -3.83. The lowest BCUT2D eigenvalue weighted by Gasteiger charge is -2.40. The molecule has 11 heteroatoms. The van der Waals surface area contributed by atoms with E-state index in [1.165, 1.54) is 12.1 Å². The Labute approximate surface area is 229 Å². The molecule has 2 amide bonds. The van der Waals surface area contributed by atoms with E-state index < -0.39 is 0 Å². The highest BCUT2D eigenvalue weighted by atomic mass is 32.1. The molecule has 2 N–H and O–H groups in total. The quantitative estimate of drug-likeness (QED) is 0.381. The van der Waals surface area contributed by atoms with E-state index in [-0.39, 0.29) is 29.6 Å². The van der Waals surface area contributed by atoms with Crippen LogP contribution < -0.4 is 10.2 Å². The minimum absolute atomic E-state index is 0.0541. The number of hydrogen-bond acceptors (Lipinski definition) is 7. The first-order chi connectivity index (χ1) is 18.9. The van der Waals surface area contributed by atoms with Gasteiger partial charge in [-0.05, 0) is 62.4 Å². The number of aromatic nitrogens is 3. The number of amides is 2. The molecule has 39 heavy (non-hydrogen) atoms. The number of nitrogens with one attached hydrogen (secondary N) is 2. The first-order valence-corrected chi connectivity index (χ1v) is 14.0. The zero-order valence-corrected chi connectivity index (χ0v) is 22.5. The Morgan fingerprint density at radius 1 is 1.13 bits per heavy atom. The zero-order valence-electron chi connectivity index (χ0n) is 21.6. The molecule has 2 aromatic carbocycles. The molecule has 4 aromatic rings. The maximum atomic E-state index is 13.4. The minimum atomic E-state index is -0.303. The summed E-state index contributed by atoms with van der Waals surface area (Å²) in [7, 11) is 0. The summed E-state index contributed by atoms with van der Waals surface area (Å²) in [4.78, 5) is 36.9. The standard InChI is InChI=1S/C28H30FN7O2S/c1-18-15-35(28-30-9-13-39-28)11-12-36(18)25(37)17-34-10-8-20(16-34)27(38)31-22-6-7-24-23(14-22)26(33-32-24)19-2-4-21(29)5-3-19/h2-7,9,13-14,18,20H,8,10-12,15-17H2,1H3,(H,31,38)(H,32,33). The Morgan fingerprint density at radius 2 is 1.97 bits per heavy atom. The van der Waals surface area contributed by atoms with E-state index in [2.05, 4.69) is 37.2 Å².